The molecule has 204 valence electrons. The number of hydrogen-bond acceptors (Lipinski definition) is 7. The lowest BCUT2D eigenvalue weighted by Gasteiger charge is -2.43. The van der Waals surface area contributed by atoms with Crippen LogP contribution in [0, 0.1) is 5.41 Å². The number of allylic oxidation sites excluding steroid dienone is 4. The van der Waals surface area contributed by atoms with E-state index in [4.69, 9.17) is 21.7 Å². The van der Waals surface area contributed by atoms with Crippen molar-refractivity contribution >= 4 is 32.8 Å². The van der Waals surface area contributed by atoms with E-state index in [0.29, 0.717) is 50.3 Å². The lowest BCUT2D eigenvalue weighted by Crippen LogP contribution is -2.57. The summed E-state index contributed by atoms with van der Waals surface area (Å²) in [4.78, 5) is 2.42. The van der Waals surface area contributed by atoms with Crippen molar-refractivity contribution in [2.75, 3.05) is 51.0 Å². The second kappa shape index (κ2) is 10.4. The van der Waals surface area contributed by atoms with Crippen LogP contribution in [0.4, 0.5) is 18.9 Å². The third-order valence-corrected chi connectivity index (χ3v) is 9.47. The minimum absolute atomic E-state index is 0.0957. The molecule has 0 bridgehead atoms. The van der Waals surface area contributed by atoms with Crippen molar-refractivity contribution in [1.29, 1.82) is 0 Å². The van der Waals surface area contributed by atoms with Crippen LogP contribution in [-0.4, -0.2) is 81.0 Å². The Kier molecular flexibility index (Phi) is 7.91. The second-order valence-electron chi connectivity index (χ2n) is 10.2. The Morgan fingerprint density at radius 3 is 2.46 bits per heavy atom. The topological polar surface area (TPSA) is 79.3 Å². The van der Waals surface area contributed by atoms with Gasteiger partial charge in [-0.2, -0.15) is 17.5 Å². The molecule has 0 saturated carbocycles. The molecule has 2 atom stereocenters. The van der Waals surface area contributed by atoms with Crippen LogP contribution in [0.1, 0.15) is 25.8 Å². The standard InChI is InChI=1S/C25H31F3N2O5S2/c1-23(16-35-17-23)15-34-14-20-13-29(37(32,33)22-6-4-3-5-21(22)36)11-12-30(20)19-9-7-18(8-10-19)24(2,31)25(26,27)28/h3-4,6-10,20,31H,5,11-17H2,1-2H3/t20-,24-/m1/s1. The Bertz CT molecular complexity index is 1180. The van der Waals surface area contributed by atoms with Gasteiger partial charge in [-0.1, -0.05) is 43.4 Å². The van der Waals surface area contributed by atoms with Crippen LogP contribution in [0.3, 0.4) is 0 Å². The maximum atomic E-state index is 13.4. The van der Waals surface area contributed by atoms with E-state index in [2.05, 4.69) is 0 Å². The predicted octanol–water partition coefficient (Wildman–Crippen LogP) is 3.54. The fourth-order valence-electron chi connectivity index (χ4n) is 4.54. The van der Waals surface area contributed by atoms with Crippen molar-refractivity contribution in [2.45, 2.75) is 38.1 Å². The summed E-state index contributed by atoms with van der Waals surface area (Å²) in [5.41, 5.74) is -2.74. The largest absolute Gasteiger partial charge is 0.421 e. The highest BCUT2D eigenvalue weighted by Gasteiger charge is 2.51. The first-order valence-corrected chi connectivity index (χ1v) is 13.8. The van der Waals surface area contributed by atoms with Crippen molar-refractivity contribution in [1.82, 2.24) is 4.31 Å². The molecule has 2 heterocycles. The minimum atomic E-state index is -4.82. The first-order valence-electron chi connectivity index (χ1n) is 12.0. The van der Waals surface area contributed by atoms with Crippen molar-refractivity contribution in [3.63, 3.8) is 0 Å². The van der Waals surface area contributed by atoms with E-state index in [1.807, 2.05) is 11.8 Å². The van der Waals surface area contributed by atoms with Gasteiger partial charge in [-0.3, -0.25) is 0 Å². The normalized spacial score (nSPS) is 24.4. The van der Waals surface area contributed by atoms with Gasteiger partial charge < -0.3 is 19.5 Å². The quantitative estimate of drug-likeness (QED) is 0.488. The van der Waals surface area contributed by atoms with E-state index in [9.17, 15) is 26.7 Å². The minimum Gasteiger partial charge on any atom is -0.380 e. The molecule has 2 saturated heterocycles. The van der Waals surface area contributed by atoms with Gasteiger partial charge in [-0.25, -0.2) is 8.42 Å². The van der Waals surface area contributed by atoms with Gasteiger partial charge >= 0.3 is 6.18 Å². The summed E-state index contributed by atoms with van der Waals surface area (Å²) in [6.45, 7) is 5.19. The molecule has 2 fully saturated rings. The summed E-state index contributed by atoms with van der Waals surface area (Å²) >= 11 is 5.30. The number of sulfonamides is 1. The van der Waals surface area contributed by atoms with Crippen molar-refractivity contribution < 1.29 is 36.2 Å². The van der Waals surface area contributed by atoms with E-state index in [1.165, 1.54) is 34.6 Å². The lowest BCUT2D eigenvalue weighted by atomic mass is 9.90. The van der Waals surface area contributed by atoms with Gasteiger partial charge in [-0.15, -0.1) is 0 Å². The van der Waals surface area contributed by atoms with Crippen molar-refractivity contribution in [3.8, 4) is 0 Å². The van der Waals surface area contributed by atoms with Gasteiger partial charge in [0.15, 0.2) is 5.60 Å². The SMILES string of the molecule is CC1(COC[C@H]2CN(S(=O)(=O)C3=CC=CCC3=S)CCN2c2ccc([C@@](C)(O)C(F)(F)F)cc2)COC1. The second-order valence-corrected chi connectivity index (χ2v) is 12.6. The number of anilines is 1. The summed E-state index contributed by atoms with van der Waals surface area (Å²) in [5, 5.41) is 10.0. The average Bonchev–Trinajstić information content (AvgIpc) is 2.82. The van der Waals surface area contributed by atoms with Gasteiger partial charge in [0.1, 0.15) is 0 Å². The molecule has 0 unspecified atom stereocenters. The zero-order chi connectivity index (χ0) is 27.1. The molecule has 1 aromatic rings. The van der Waals surface area contributed by atoms with Crippen LogP contribution in [0.15, 0.2) is 47.4 Å². The van der Waals surface area contributed by atoms with Crippen LogP contribution in [-0.2, 0) is 25.1 Å². The molecule has 7 nitrogen and oxygen atoms in total. The Morgan fingerprint density at radius 1 is 1.22 bits per heavy atom. The molecular weight excluding hydrogens is 529 g/mol. The zero-order valence-electron chi connectivity index (χ0n) is 20.7. The molecule has 4 rings (SSSR count). The first kappa shape index (κ1) is 28.2. The van der Waals surface area contributed by atoms with Crippen molar-refractivity contribution in [2.24, 2.45) is 5.41 Å². The van der Waals surface area contributed by atoms with E-state index in [-0.39, 0.29) is 35.6 Å². The zero-order valence-corrected chi connectivity index (χ0v) is 22.3. The number of ether oxygens (including phenoxy) is 2. The number of rotatable bonds is 8. The summed E-state index contributed by atoms with van der Waals surface area (Å²) in [6.07, 6.45) is 0.567. The fraction of sp³-hybridized carbons (Fsp3) is 0.560. The summed E-state index contributed by atoms with van der Waals surface area (Å²) in [6, 6.07) is 5.12. The van der Waals surface area contributed by atoms with E-state index in [0.717, 1.165) is 0 Å². The molecular formula is C25H31F3N2O5S2. The molecule has 1 aliphatic carbocycles. The van der Waals surface area contributed by atoms with E-state index < -0.39 is 27.8 Å². The van der Waals surface area contributed by atoms with Gasteiger partial charge in [0.05, 0.1) is 37.4 Å². The third-order valence-electron chi connectivity index (χ3n) is 7.00. The molecule has 12 heteroatoms. The van der Waals surface area contributed by atoms with Crippen LogP contribution in [0.2, 0.25) is 0 Å². The highest BCUT2D eigenvalue weighted by molar-refractivity contribution is 7.96. The number of thiocarbonyl (C=S) groups is 1. The number of halogens is 3. The maximum absolute atomic E-state index is 13.4. The van der Waals surface area contributed by atoms with E-state index >= 15 is 0 Å². The fourth-order valence-corrected chi connectivity index (χ4v) is 6.61. The molecule has 0 amide bonds. The Balaban J connectivity index is 1.55. The predicted molar refractivity (Wildman–Crippen MR) is 138 cm³/mol. The monoisotopic (exact) mass is 560 g/mol. The van der Waals surface area contributed by atoms with E-state index in [1.54, 1.807) is 12.2 Å². The maximum Gasteiger partial charge on any atom is 0.421 e. The summed E-state index contributed by atoms with van der Waals surface area (Å²) in [7, 11) is -3.82. The summed E-state index contributed by atoms with van der Waals surface area (Å²) in [5.74, 6) is 0. The molecule has 1 N–H and O–H groups in total. The van der Waals surface area contributed by atoms with Gasteiger partial charge in [0.2, 0.25) is 10.0 Å². The highest BCUT2D eigenvalue weighted by atomic mass is 32.2. The molecule has 0 aromatic heterocycles. The number of hydrogen-bond donors (Lipinski definition) is 1. The summed E-state index contributed by atoms with van der Waals surface area (Å²) < 4.78 is 79.3. The molecule has 1 aromatic carbocycles. The molecule has 37 heavy (non-hydrogen) atoms. The van der Waals surface area contributed by atoms with Gasteiger partial charge in [-0.05, 0) is 30.7 Å². The first-order chi connectivity index (χ1) is 17.2. The van der Waals surface area contributed by atoms with Crippen LogP contribution in [0.25, 0.3) is 0 Å². The lowest BCUT2D eigenvalue weighted by molar-refractivity contribution is -0.258. The van der Waals surface area contributed by atoms with Crippen LogP contribution >= 0.6 is 12.2 Å². The molecule has 0 spiro atoms. The van der Waals surface area contributed by atoms with Crippen molar-refractivity contribution in [3.05, 3.63) is 53.0 Å². The smallest absolute Gasteiger partial charge is 0.380 e. The van der Waals surface area contributed by atoms with Crippen LogP contribution in [0.5, 0.6) is 0 Å². The third kappa shape index (κ3) is 5.79. The molecule has 2 aliphatic heterocycles. The number of nitrogens with zero attached hydrogens (tertiary/aromatic N) is 2. The average molecular weight is 561 g/mol. The number of piperazine rings is 1. The molecule has 0 radical (unpaired) electrons. The number of benzene rings is 1. The Morgan fingerprint density at radius 2 is 1.89 bits per heavy atom. The number of aliphatic hydroxyl groups is 1. The number of alkyl halides is 3. The molecule has 3 aliphatic rings. The van der Waals surface area contributed by atoms with Gasteiger partial charge in [0.25, 0.3) is 0 Å². The van der Waals surface area contributed by atoms with Gasteiger partial charge in [0, 0.05) is 42.0 Å². The Labute approximate surface area is 220 Å². The van der Waals surface area contributed by atoms with Crippen LogP contribution < -0.4 is 4.90 Å². The Hall–Kier alpha value is -1.83. The highest BCUT2D eigenvalue weighted by Crippen LogP contribution is 2.39.